The molecule has 0 spiro atoms. The van der Waals surface area contributed by atoms with Gasteiger partial charge in [-0.05, 0) is 57.8 Å². The standard InChI is InChI=1S/C15H24N4O/c1-18-6-4-11(5-7-18)9-17-15(20)14-8-12(16)10-19(14)13-2-3-13/h8,10-11,13H,2-7,9,16H2,1H3,(H,17,20). The van der Waals surface area contributed by atoms with E-state index >= 15 is 0 Å². The van der Waals surface area contributed by atoms with Gasteiger partial charge in [-0.2, -0.15) is 0 Å². The molecule has 2 heterocycles. The predicted molar refractivity (Wildman–Crippen MR) is 79.7 cm³/mol. The number of nitrogens with one attached hydrogen (secondary N) is 1. The van der Waals surface area contributed by atoms with Gasteiger partial charge in [0.1, 0.15) is 5.69 Å². The third-order valence-corrected chi connectivity index (χ3v) is 4.43. The second kappa shape index (κ2) is 5.48. The molecule has 1 amide bonds. The van der Waals surface area contributed by atoms with Crippen LogP contribution in [0.15, 0.2) is 12.3 Å². The smallest absolute Gasteiger partial charge is 0.268 e. The summed E-state index contributed by atoms with van der Waals surface area (Å²) >= 11 is 0. The van der Waals surface area contributed by atoms with E-state index in [2.05, 4.69) is 17.3 Å². The average molecular weight is 276 g/mol. The fourth-order valence-electron chi connectivity index (χ4n) is 2.93. The van der Waals surface area contributed by atoms with Crippen molar-refractivity contribution in [2.45, 2.75) is 31.7 Å². The number of likely N-dealkylation sites (tertiary alicyclic amines) is 1. The molecule has 1 saturated heterocycles. The maximum Gasteiger partial charge on any atom is 0.268 e. The average Bonchev–Trinajstić information content (AvgIpc) is 3.20. The zero-order chi connectivity index (χ0) is 14.1. The van der Waals surface area contributed by atoms with E-state index < -0.39 is 0 Å². The Morgan fingerprint density at radius 2 is 2.05 bits per heavy atom. The SMILES string of the molecule is CN1CCC(CNC(=O)c2cc(N)cn2C2CC2)CC1. The number of anilines is 1. The van der Waals surface area contributed by atoms with Crippen molar-refractivity contribution in [2.75, 3.05) is 32.4 Å². The Balaban J connectivity index is 1.56. The lowest BCUT2D eigenvalue weighted by molar-refractivity contribution is 0.0929. The monoisotopic (exact) mass is 276 g/mol. The number of piperidine rings is 1. The Morgan fingerprint density at radius 3 is 2.70 bits per heavy atom. The molecule has 0 aromatic carbocycles. The zero-order valence-corrected chi connectivity index (χ0v) is 12.1. The molecule has 1 saturated carbocycles. The predicted octanol–water partition coefficient (Wildman–Crippen LogP) is 1.48. The third-order valence-electron chi connectivity index (χ3n) is 4.43. The van der Waals surface area contributed by atoms with Gasteiger partial charge in [0.15, 0.2) is 0 Å². The molecule has 2 fully saturated rings. The first-order valence-electron chi connectivity index (χ1n) is 7.57. The Hall–Kier alpha value is -1.49. The minimum Gasteiger partial charge on any atom is -0.397 e. The third kappa shape index (κ3) is 2.98. The van der Waals surface area contributed by atoms with Gasteiger partial charge in [-0.1, -0.05) is 0 Å². The number of nitrogens with two attached hydrogens (primary N) is 1. The van der Waals surface area contributed by atoms with Crippen LogP contribution in [0.5, 0.6) is 0 Å². The summed E-state index contributed by atoms with van der Waals surface area (Å²) < 4.78 is 2.04. The number of nitrogen functional groups attached to an aromatic ring is 1. The molecule has 0 unspecified atom stereocenters. The van der Waals surface area contributed by atoms with E-state index in [-0.39, 0.29) is 5.91 Å². The molecule has 3 rings (SSSR count). The number of hydrogen-bond donors (Lipinski definition) is 2. The summed E-state index contributed by atoms with van der Waals surface area (Å²) in [5.74, 6) is 0.629. The van der Waals surface area contributed by atoms with E-state index in [1.54, 1.807) is 6.07 Å². The molecule has 1 aliphatic carbocycles. The fourth-order valence-corrected chi connectivity index (χ4v) is 2.93. The van der Waals surface area contributed by atoms with Crippen LogP contribution in [0.3, 0.4) is 0 Å². The first-order valence-corrected chi connectivity index (χ1v) is 7.57. The first kappa shape index (κ1) is 13.5. The highest BCUT2D eigenvalue weighted by Crippen LogP contribution is 2.37. The number of carbonyl (C=O) groups excluding carboxylic acids is 1. The van der Waals surface area contributed by atoms with Gasteiger partial charge < -0.3 is 20.5 Å². The summed E-state index contributed by atoms with van der Waals surface area (Å²) in [4.78, 5) is 14.7. The molecular formula is C15H24N4O. The summed E-state index contributed by atoms with van der Waals surface area (Å²) in [6, 6.07) is 2.28. The van der Waals surface area contributed by atoms with Crippen molar-refractivity contribution in [1.82, 2.24) is 14.8 Å². The maximum atomic E-state index is 12.3. The summed E-state index contributed by atoms with van der Waals surface area (Å²) in [6.07, 6.45) is 6.54. The maximum absolute atomic E-state index is 12.3. The van der Waals surface area contributed by atoms with Crippen LogP contribution in [0.4, 0.5) is 5.69 Å². The minimum absolute atomic E-state index is 0.0209. The molecule has 1 aromatic rings. The van der Waals surface area contributed by atoms with E-state index in [0.717, 1.165) is 38.2 Å². The highest BCUT2D eigenvalue weighted by atomic mass is 16.1. The van der Waals surface area contributed by atoms with Crippen LogP contribution in [0.25, 0.3) is 0 Å². The summed E-state index contributed by atoms with van der Waals surface area (Å²) in [5.41, 5.74) is 7.23. The number of carbonyl (C=O) groups is 1. The molecule has 1 aromatic heterocycles. The summed E-state index contributed by atoms with van der Waals surface area (Å²) in [7, 11) is 2.15. The Morgan fingerprint density at radius 1 is 1.35 bits per heavy atom. The van der Waals surface area contributed by atoms with Gasteiger partial charge in [-0.3, -0.25) is 4.79 Å². The summed E-state index contributed by atoms with van der Waals surface area (Å²) in [6.45, 7) is 3.04. The topological polar surface area (TPSA) is 63.3 Å². The van der Waals surface area contributed by atoms with E-state index in [4.69, 9.17) is 5.73 Å². The molecular weight excluding hydrogens is 252 g/mol. The zero-order valence-electron chi connectivity index (χ0n) is 12.1. The number of amides is 1. The van der Waals surface area contributed by atoms with Crippen LogP contribution < -0.4 is 11.1 Å². The number of rotatable bonds is 4. The van der Waals surface area contributed by atoms with Gasteiger partial charge in [0.25, 0.3) is 5.91 Å². The second-order valence-corrected chi connectivity index (χ2v) is 6.25. The molecule has 0 radical (unpaired) electrons. The van der Waals surface area contributed by atoms with Crippen LogP contribution >= 0.6 is 0 Å². The van der Waals surface area contributed by atoms with Crippen molar-refractivity contribution < 1.29 is 4.79 Å². The molecule has 1 aliphatic heterocycles. The largest absolute Gasteiger partial charge is 0.397 e. The lowest BCUT2D eigenvalue weighted by atomic mass is 9.97. The fraction of sp³-hybridized carbons (Fsp3) is 0.667. The van der Waals surface area contributed by atoms with Crippen LogP contribution in [0.1, 0.15) is 42.2 Å². The van der Waals surface area contributed by atoms with Crippen LogP contribution in [-0.4, -0.2) is 42.1 Å². The molecule has 5 heteroatoms. The lowest BCUT2D eigenvalue weighted by Crippen LogP contribution is -2.37. The molecule has 0 atom stereocenters. The van der Waals surface area contributed by atoms with Crippen LogP contribution in [0.2, 0.25) is 0 Å². The van der Waals surface area contributed by atoms with Gasteiger partial charge in [-0.25, -0.2) is 0 Å². The van der Waals surface area contributed by atoms with Crippen molar-refractivity contribution in [3.8, 4) is 0 Å². The minimum atomic E-state index is 0.0209. The van der Waals surface area contributed by atoms with Crippen molar-refractivity contribution in [3.05, 3.63) is 18.0 Å². The van der Waals surface area contributed by atoms with Crippen molar-refractivity contribution in [2.24, 2.45) is 5.92 Å². The van der Waals surface area contributed by atoms with Crippen molar-refractivity contribution in [3.63, 3.8) is 0 Å². The van der Waals surface area contributed by atoms with Crippen molar-refractivity contribution >= 4 is 11.6 Å². The normalized spacial score (nSPS) is 21.1. The van der Waals surface area contributed by atoms with Crippen molar-refractivity contribution in [1.29, 1.82) is 0 Å². The van der Waals surface area contributed by atoms with E-state index in [1.165, 1.54) is 12.8 Å². The Kier molecular flexibility index (Phi) is 3.70. The van der Waals surface area contributed by atoms with Crippen LogP contribution in [-0.2, 0) is 0 Å². The highest BCUT2D eigenvalue weighted by Gasteiger charge is 2.28. The molecule has 110 valence electrons. The number of nitrogens with zero attached hydrogens (tertiary/aromatic N) is 2. The van der Waals surface area contributed by atoms with Gasteiger partial charge in [0.2, 0.25) is 0 Å². The van der Waals surface area contributed by atoms with Gasteiger partial charge in [-0.15, -0.1) is 0 Å². The Bertz CT molecular complexity index is 484. The van der Waals surface area contributed by atoms with E-state index in [9.17, 15) is 4.79 Å². The molecule has 0 bridgehead atoms. The number of aromatic nitrogens is 1. The van der Waals surface area contributed by atoms with Gasteiger partial charge >= 0.3 is 0 Å². The Labute approximate surface area is 120 Å². The molecule has 3 N–H and O–H groups in total. The number of hydrogen-bond acceptors (Lipinski definition) is 3. The highest BCUT2D eigenvalue weighted by molar-refractivity contribution is 5.93. The second-order valence-electron chi connectivity index (χ2n) is 6.25. The van der Waals surface area contributed by atoms with E-state index in [0.29, 0.717) is 17.6 Å². The van der Waals surface area contributed by atoms with E-state index in [1.807, 2.05) is 10.8 Å². The summed E-state index contributed by atoms with van der Waals surface area (Å²) in [5, 5.41) is 3.09. The van der Waals surface area contributed by atoms with Crippen LogP contribution in [0, 0.1) is 5.92 Å². The van der Waals surface area contributed by atoms with Gasteiger partial charge in [0.05, 0.1) is 5.69 Å². The first-order chi connectivity index (χ1) is 9.63. The molecule has 2 aliphatic rings. The lowest BCUT2D eigenvalue weighted by Gasteiger charge is -2.28. The quantitative estimate of drug-likeness (QED) is 0.875. The molecule has 5 nitrogen and oxygen atoms in total. The molecule has 20 heavy (non-hydrogen) atoms. The van der Waals surface area contributed by atoms with Gasteiger partial charge in [0, 0.05) is 18.8 Å².